The number of nitrogens with zero attached hydrogens (tertiary/aromatic N) is 2. The van der Waals surface area contributed by atoms with E-state index in [-0.39, 0.29) is 29.2 Å². The largest absolute Gasteiger partial charge is 0.573 e. The van der Waals surface area contributed by atoms with E-state index in [2.05, 4.69) is 15.4 Å². The van der Waals surface area contributed by atoms with Crippen LogP contribution in [0.2, 0.25) is 0 Å². The number of benzene rings is 2. The van der Waals surface area contributed by atoms with Crippen LogP contribution < -0.4 is 21.1 Å². The first kappa shape index (κ1) is 23.7. The summed E-state index contributed by atoms with van der Waals surface area (Å²) in [4.78, 5) is 38.9. The number of hydrogen-bond acceptors (Lipinski definition) is 5. The van der Waals surface area contributed by atoms with Crippen molar-refractivity contribution in [2.45, 2.75) is 25.2 Å². The number of fused-ring (bicyclic) bond motifs is 1. The van der Waals surface area contributed by atoms with Gasteiger partial charge in [-0.1, -0.05) is 6.07 Å². The standard InChI is InChI=1S/C22H20F3N5O5/c23-22(24,25)35-14-4-1-3-12(9-14)27-19(32)17-5-2-8-29(17)21(34)28-16-11-30(20(26)33)18-10-13(31)6-7-15(16)18/h1,3-4,6-7,9-11,17,31H,2,5,8H2,(H2,26,33)(H,27,32)(H,28,34)/t17-/m0/s1. The van der Waals surface area contributed by atoms with E-state index in [4.69, 9.17) is 5.73 Å². The third-order valence-electron chi connectivity index (χ3n) is 5.42. The number of carbonyl (C=O) groups is 3. The number of alkyl halides is 3. The lowest BCUT2D eigenvalue weighted by Crippen LogP contribution is -2.45. The number of aromatic nitrogens is 1. The molecule has 4 amide bonds. The molecule has 1 saturated heterocycles. The van der Waals surface area contributed by atoms with Crippen LogP contribution in [0.4, 0.5) is 34.1 Å². The number of amides is 4. The van der Waals surface area contributed by atoms with Crippen LogP contribution in [0, 0.1) is 0 Å². The monoisotopic (exact) mass is 491 g/mol. The van der Waals surface area contributed by atoms with Crippen molar-refractivity contribution in [3.8, 4) is 11.5 Å². The lowest BCUT2D eigenvalue weighted by Gasteiger charge is -2.24. The maximum absolute atomic E-state index is 13.0. The van der Waals surface area contributed by atoms with Gasteiger partial charge in [-0.15, -0.1) is 13.2 Å². The third kappa shape index (κ3) is 5.23. The van der Waals surface area contributed by atoms with E-state index in [9.17, 15) is 32.7 Å². The number of phenols is 1. The van der Waals surface area contributed by atoms with Crippen molar-refractivity contribution in [1.29, 1.82) is 0 Å². The Morgan fingerprint density at radius 3 is 2.60 bits per heavy atom. The first-order valence-corrected chi connectivity index (χ1v) is 10.4. The molecule has 0 radical (unpaired) electrons. The molecule has 0 saturated carbocycles. The summed E-state index contributed by atoms with van der Waals surface area (Å²) in [5, 5.41) is 15.3. The molecule has 10 nitrogen and oxygen atoms in total. The van der Waals surface area contributed by atoms with Gasteiger partial charge in [-0.2, -0.15) is 0 Å². The number of urea groups is 1. The molecule has 3 aromatic rings. The normalized spacial score (nSPS) is 15.7. The Kier molecular flexibility index (Phi) is 6.16. The van der Waals surface area contributed by atoms with Crippen molar-refractivity contribution in [2.24, 2.45) is 5.73 Å². The van der Waals surface area contributed by atoms with Gasteiger partial charge in [0.2, 0.25) is 5.91 Å². The van der Waals surface area contributed by atoms with Crippen molar-refractivity contribution in [3.05, 3.63) is 48.7 Å². The number of likely N-dealkylation sites (tertiary alicyclic amines) is 1. The van der Waals surface area contributed by atoms with Gasteiger partial charge in [0.05, 0.1) is 11.2 Å². The average Bonchev–Trinajstić information content (AvgIpc) is 3.38. The summed E-state index contributed by atoms with van der Waals surface area (Å²) in [6.45, 7) is 0.260. The van der Waals surface area contributed by atoms with E-state index in [1.807, 2.05) is 0 Å². The summed E-state index contributed by atoms with van der Waals surface area (Å²) < 4.78 is 42.3. The van der Waals surface area contributed by atoms with Gasteiger partial charge in [-0.25, -0.2) is 9.59 Å². The second-order valence-corrected chi connectivity index (χ2v) is 7.80. The van der Waals surface area contributed by atoms with Gasteiger partial charge >= 0.3 is 18.4 Å². The number of phenolic OH excluding ortho intramolecular Hbond substituents is 1. The minimum absolute atomic E-state index is 0.0772. The molecule has 4 rings (SSSR count). The Bertz CT molecular complexity index is 1310. The van der Waals surface area contributed by atoms with Crippen LogP contribution in [0.15, 0.2) is 48.7 Å². The topological polar surface area (TPSA) is 139 Å². The minimum atomic E-state index is -4.88. The fraction of sp³-hybridized carbons (Fsp3) is 0.227. The van der Waals surface area contributed by atoms with Crippen molar-refractivity contribution in [2.75, 3.05) is 17.2 Å². The minimum Gasteiger partial charge on any atom is -0.508 e. The molecular weight excluding hydrogens is 471 g/mol. The third-order valence-corrected chi connectivity index (χ3v) is 5.42. The molecule has 0 spiro atoms. The van der Waals surface area contributed by atoms with E-state index in [1.165, 1.54) is 41.4 Å². The summed E-state index contributed by atoms with van der Waals surface area (Å²) in [7, 11) is 0. The summed E-state index contributed by atoms with van der Waals surface area (Å²) in [6, 6.07) is 6.70. The highest BCUT2D eigenvalue weighted by atomic mass is 19.4. The highest BCUT2D eigenvalue weighted by Gasteiger charge is 2.35. The molecule has 1 atom stereocenters. The molecule has 0 aliphatic carbocycles. The zero-order valence-corrected chi connectivity index (χ0v) is 18.0. The van der Waals surface area contributed by atoms with Crippen LogP contribution in [0.3, 0.4) is 0 Å². The number of rotatable bonds is 4. The summed E-state index contributed by atoms with van der Waals surface area (Å²) in [5.74, 6) is -1.17. The Hall–Kier alpha value is -4.42. The van der Waals surface area contributed by atoms with Crippen LogP contribution >= 0.6 is 0 Å². The van der Waals surface area contributed by atoms with Gasteiger partial charge < -0.3 is 31.1 Å². The van der Waals surface area contributed by atoms with Gasteiger partial charge in [0.25, 0.3) is 0 Å². The fourth-order valence-corrected chi connectivity index (χ4v) is 3.96. The van der Waals surface area contributed by atoms with E-state index in [0.717, 1.165) is 16.7 Å². The number of aromatic hydroxyl groups is 1. The van der Waals surface area contributed by atoms with E-state index in [0.29, 0.717) is 18.2 Å². The molecule has 13 heteroatoms. The zero-order valence-electron chi connectivity index (χ0n) is 18.0. The van der Waals surface area contributed by atoms with Crippen LogP contribution in [0.1, 0.15) is 12.8 Å². The molecule has 184 valence electrons. The first-order chi connectivity index (χ1) is 16.5. The van der Waals surface area contributed by atoms with Crippen molar-refractivity contribution >= 4 is 40.2 Å². The number of halogens is 3. The molecule has 35 heavy (non-hydrogen) atoms. The number of ether oxygens (including phenoxy) is 1. The molecule has 2 aromatic carbocycles. The lowest BCUT2D eigenvalue weighted by atomic mass is 10.2. The maximum Gasteiger partial charge on any atom is 0.573 e. The van der Waals surface area contributed by atoms with Gasteiger partial charge in [0.1, 0.15) is 17.5 Å². The van der Waals surface area contributed by atoms with Crippen molar-refractivity contribution < 1.29 is 37.4 Å². The highest BCUT2D eigenvalue weighted by molar-refractivity contribution is 6.06. The number of hydrogen-bond donors (Lipinski definition) is 4. The number of nitrogens with one attached hydrogen (secondary N) is 2. The molecule has 0 bridgehead atoms. The number of primary amides is 1. The molecule has 5 N–H and O–H groups in total. The predicted molar refractivity (Wildman–Crippen MR) is 119 cm³/mol. The highest BCUT2D eigenvalue weighted by Crippen LogP contribution is 2.30. The number of nitrogens with two attached hydrogens (primary N) is 1. The van der Waals surface area contributed by atoms with Crippen LogP contribution in [0.25, 0.3) is 10.9 Å². The van der Waals surface area contributed by atoms with Crippen molar-refractivity contribution in [1.82, 2.24) is 9.47 Å². The molecular formula is C22H20F3N5O5. The average molecular weight is 491 g/mol. The molecule has 1 fully saturated rings. The van der Waals surface area contributed by atoms with Crippen LogP contribution in [0.5, 0.6) is 11.5 Å². The smallest absolute Gasteiger partial charge is 0.508 e. The number of anilines is 2. The zero-order chi connectivity index (χ0) is 25.3. The van der Waals surface area contributed by atoms with Crippen molar-refractivity contribution in [3.63, 3.8) is 0 Å². The van der Waals surface area contributed by atoms with Gasteiger partial charge in [-0.05, 0) is 37.1 Å². The maximum atomic E-state index is 13.0. The van der Waals surface area contributed by atoms with Gasteiger partial charge in [0, 0.05) is 35.9 Å². The summed E-state index contributed by atoms with van der Waals surface area (Å²) in [5.41, 5.74) is 5.97. The van der Waals surface area contributed by atoms with Gasteiger partial charge in [0.15, 0.2) is 0 Å². The summed E-state index contributed by atoms with van der Waals surface area (Å²) >= 11 is 0. The van der Waals surface area contributed by atoms with E-state index >= 15 is 0 Å². The molecule has 2 heterocycles. The quantitative estimate of drug-likeness (QED) is 0.440. The van der Waals surface area contributed by atoms with E-state index in [1.54, 1.807) is 0 Å². The van der Waals surface area contributed by atoms with Gasteiger partial charge in [-0.3, -0.25) is 9.36 Å². The molecule has 1 aliphatic heterocycles. The van der Waals surface area contributed by atoms with Crippen LogP contribution in [-0.4, -0.2) is 51.5 Å². The summed E-state index contributed by atoms with van der Waals surface area (Å²) in [6.07, 6.45) is -2.70. The Labute approximate surface area is 196 Å². The predicted octanol–water partition coefficient (Wildman–Crippen LogP) is 3.81. The molecule has 0 unspecified atom stereocenters. The second kappa shape index (κ2) is 9.08. The Morgan fingerprint density at radius 1 is 1.11 bits per heavy atom. The molecule has 1 aromatic heterocycles. The van der Waals surface area contributed by atoms with Crippen LogP contribution in [-0.2, 0) is 4.79 Å². The lowest BCUT2D eigenvalue weighted by molar-refractivity contribution is -0.274. The van der Waals surface area contributed by atoms with E-state index < -0.39 is 36.1 Å². The molecule has 1 aliphatic rings. The first-order valence-electron chi connectivity index (χ1n) is 10.4. The Morgan fingerprint density at radius 2 is 1.89 bits per heavy atom. The second-order valence-electron chi connectivity index (χ2n) is 7.80. The fourth-order valence-electron chi connectivity index (χ4n) is 3.96. The SMILES string of the molecule is NC(=O)n1cc(NC(=O)N2CCC[C@H]2C(=O)Nc2cccc(OC(F)(F)F)c2)c2ccc(O)cc21. The Balaban J connectivity index is 1.49. The number of carbonyl (C=O) groups excluding carboxylic acids is 3.